The molecule has 1 aromatic rings. The molecule has 84 valence electrons. The van der Waals surface area contributed by atoms with Crippen LogP contribution in [0.4, 0.5) is 0 Å². The first kappa shape index (κ1) is 12.3. The van der Waals surface area contributed by atoms with Gasteiger partial charge in [0.25, 0.3) is 0 Å². The summed E-state index contributed by atoms with van der Waals surface area (Å²) in [7, 11) is 0. The Hall–Kier alpha value is -0.820. The van der Waals surface area contributed by atoms with Crippen molar-refractivity contribution in [3.63, 3.8) is 0 Å². The summed E-state index contributed by atoms with van der Waals surface area (Å²) in [6, 6.07) is 11.4. The van der Waals surface area contributed by atoms with Crippen molar-refractivity contribution in [1.29, 1.82) is 0 Å². The highest BCUT2D eigenvalue weighted by atomic mass is 14.9. The minimum Gasteiger partial charge on any atom is -0.314 e. The van der Waals surface area contributed by atoms with E-state index >= 15 is 0 Å². The first-order valence-electron chi connectivity index (χ1n) is 6.14. The average molecular weight is 205 g/mol. The second kappa shape index (κ2) is 7.47. The molecule has 0 spiro atoms. The number of nitrogens with one attached hydrogen (secondary N) is 1. The molecule has 0 aliphatic heterocycles. The van der Waals surface area contributed by atoms with Gasteiger partial charge in [-0.25, -0.2) is 0 Å². The normalized spacial score (nSPS) is 12.7. The lowest BCUT2D eigenvalue weighted by Gasteiger charge is -2.17. The highest BCUT2D eigenvalue weighted by Gasteiger charge is 2.06. The quantitative estimate of drug-likeness (QED) is 0.719. The standard InChI is InChI=1S/C14H23N/c1-3-8-14(15-11-4-2)12-13-9-6-5-7-10-13/h5-7,9-10,14-15H,3-4,8,11-12H2,1-2H3/t14-/m0/s1. The van der Waals surface area contributed by atoms with E-state index in [9.17, 15) is 0 Å². The van der Waals surface area contributed by atoms with Gasteiger partial charge in [-0.3, -0.25) is 0 Å². The largest absolute Gasteiger partial charge is 0.314 e. The molecule has 1 rings (SSSR count). The van der Waals surface area contributed by atoms with Crippen molar-refractivity contribution >= 4 is 0 Å². The van der Waals surface area contributed by atoms with E-state index in [4.69, 9.17) is 0 Å². The molecular formula is C14H23N. The van der Waals surface area contributed by atoms with Crippen molar-refractivity contribution in [2.75, 3.05) is 6.54 Å². The van der Waals surface area contributed by atoms with Crippen molar-refractivity contribution in [3.05, 3.63) is 35.9 Å². The van der Waals surface area contributed by atoms with Gasteiger partial charge in [-0.1, -0.05) is 50.6 Å². The molecule has 1 nitrogen and oxygen atoms in total. The van der Waals surface area contributed by atoms with E-state index in [2.05, 4.69) is 49.5 Å². The van der Waals surface area contributed by atoms with E-state index in [0.29, 0.717) is 6.04 Å². The zero-order valence-corrected chi connectivity index (χ0v) is 10.00. The fourth-order valence-electron chi connectivity index (χ4n) is 1.87. The number of hydrogen-bond acceptors (Lipinski definition) is 1. The summed E-state index contributed by atoms with van der Waals surface area (Å²) in [6.07, 6.45) is 4.91. The third kappa shape index (κ3) is 4.98. The average Bonchev–Trinajstić information content (AvgIpc) is 2.28. The maximum absolute atomic E-state index is 3.62. The maximum Gasteiger partial charge on any atom is 0.0107 e. The molecule has 1 atom stereocenters. The Morgan fingerprint density at radius 1 is 1.07 bits per heavy atom. The SMILES string of the molecule is CCCN[C@@H](CCC)Cc1ccccc1. The Balaban J connectivity index is 2.43. The summed E-state index contributed by atoms with van der Waals surface area (Å²) in [6.45, 7) is 5.61. The van der Waals surface area contributed by atoms with Gasteiger partial charge in [-0.05, 0) is 31.4 Å². The summed E-state index contributed by atoms with van der Waals surface area (Å²) in [5.74, 6) is 0. The predicted molar refractivity (Wildman–Crippen MR) is 67.1 cm³/mol. The van der Waals surface area contributed by atoms with Gasteiger partial charge in [0.05, 0.1) is 0 Å². The van der Waals surface area contributed by atoms with E-state index in [1.165, 1.54) is 24.8 Å². The zero-order valence-electron chi connectivity index (χ0n) is 10.00. The van der Waals surface area contributed by atoms with Crippen LogP contribution in [0.3, 0.4) is 0 Å². The van der Waals surface area contributed by atoms with E-state index in [1.54, 1.807) is 0 Å². The zero-order chi connectivity index (χ0) is 10.9. The highest BCUT2D eigenvalue weighted by Crippen LogP contribution is 2.07. The predicted octanol–water partition coefficient (Wildman–Crippen LogP) is 3.40. The number of rotatable bonds is 7. The summed E-state index contributed by atoms with van der Waals surface area (Å²) in [5.41, 5.74) is 1.44. The van der Waals surface area contributed by atoms with Crippen LogP contribution in [0.15, 0.2) is 30.3 Å². The maximum atomic E-state index is 3.62. The van der Waals surface area contributed by atoms with E-state index in [1.807, 2.05) is 0 Å². The lowest BCUT2D eigenvalue weighted by Crippen LogP contribution is -2.31. The molecule has 0 bridgehead atoms. The Morgan fingerprint density at radius 3 is 2.40 bits per heavy atom. The lowest BCUT2D eigenvalue weighted by molar-refractivity contribution is 0.473. The van der Waals surface area contributed by atoms with Gasteiger partial charge in [0.2, 0.25) is 0 Å². The minimum atomic E-state index is 0.650. The van der Waals surface area contributed by atoms with Crippen LogP contribution in [0.25, 0.3) is 0 Å². The molecule has 0 unspecified atom stereocenters. The third-order valence-electron chi connectivity index (χ3n) is 2.65. The smallest absolute Gasteiger partial charge is 0.0107 e. The Bertz CT molecular complexity index is 243. The molecule has 15 heavy (non-hydrogen) atoms. The van der Waals surface area contributed by atoms with Crippen molar-refractivity contribution in [3.8, 4) is 0 Å². The second-order valence-corrected chi connectivity index (χ2v) is 4.13. The van der Waals surface area contributed by atoms with Gasteiger partial charge in [0.1, 0.15) is 0 Å². The fourth-order valence-corrected chi connectivity index (χ4v) is 1.87. The molecule has 0 aliphatic rings. The van der Waals surface area contributed by atoms with Crippen molar-refractivity contribution < 1.29 is 0 Å². The molecule has 1 aromatic carbocycles. The molecule has 0 amide bonds. The van der Waals surface area contributed by atoms with E-state index in [0.717, 1.165) is 13.0 Å². The van der Waals surface area contributed by atoms with Crippen LogP contribution < -0.4 is 5.32 Å². The first-order chi connectivity index (χ1) is 7.36. The molecule has 1 heteroatoms. The van der Waals surface area contributed by atoms with E-state index < -0.39 is 0 Å². The van der Waals surface area contributed by atoms with Crippen molar-refractivity contribution in [2.24, 2.45) is 0 Å². The lowest BCUT2D eigenvalue weighted by atomic mass is 10.0. The molecule has 0 saturated carbocycles. The summed E-state index contributed by atoms with van der Waals surface area (Å²) >= 11 is 0. The molecule has 0 radical (unpaired) electrons. The Morgan fingerprint density at radius 2 is 1.80 bits per heavy atom. The van der Waals surface area contributed by atoms with Gasteiger partial charge >= 0.3 is 0 Å². The van der Waals surface area contributed by atoms with Crippen LogP contribution in [0.2, 0.25) is 0 Å². The molecule has 0 fully saturated rings. The van der Waals surface area contributed by atoms with Gasteiger partial charge in [0.15, 0.2) is 0 Å². The van der Waals surface area contributed by atoms with Crippen LogP contribution >= 0.6 is 0 Å². The van der Waals surface area contributed by atoms with Gasteiger partial charge < -0.3 is 5.32 Å². The van der Waals surface area contributed by atoms with E-state index in [-0.39, 0.29) is 0 Å². The van der Waals surface area contributed by atoms with Crippen LogP contribution in [-0.4, -0.2) is 12.6 Å². The number of benzene rings is 1. The van der Waals surface area contributed by atoms with Crippen LogP contribution in [0.1, 0.15) is 38.7 Å². The highest BCUT2D eigenvalue weighted by molar-refractivity contribution is 5.15. The number of hydrogen-bond donors (Lipinski definition) is 1. The van der Waals surface area contributed by atoms with Gasteiger partial charge in [-0.2, -0.15) is 0 Å². The molecular weight excluding hydrogens is 182 g/mol. The molecule has 1 N–H and O–H groups in total. The summed E-state index contributed by atoms with van der Waals surface area (Å²) in [5, 5.41) is 3.62. The van der Waals surface area contributed by atoms with Crippen molar-refractivity contribution in [2.45, 2.75) is 45.6 Å². The fraction of sp³-hybridized carbons (Fsp3) is 0.571. The molecule has 0 heterocycles. The second-order valence-electron chi connectivity index (χ2n) is 4.13. The Labute approximate surface area is 93.9 Å². The topological polar surface area (TPSA) is 12.0 Å². The van der Waals surface area contributed by atoms with Gasteiger partial charge in [0, 0.05) is 6.04 Å². The first-order valence-corrected chi connectivity index (χ1v) is 6.14. The Kier molecular flexibility index (Phi) is 6.10. The minimum absolute atomic E-state index is 0.650. The molecule has 0 saturated heterocycles. The monoisotopic (exact) mass is 205 g/mol. The summed E-state index contributed by atoms with van der Waals surface area (Å²) in [4.78, 5) is 0. The molecule has 0 aromatic heterocycles. The van der Waals surface area contributed by atoms with Crippen LogP contribution in [-0.2, 0) is 6.42 Å². The summed E-state index contributed by atoms with van der Waals surface area (Å²) < 4.78 is 0. The van der Waals surface area contributed by atoms with Gasteiger partial charge in [-0.15, -0.1) is 0 Å². The van der Waals surface area contributed by atoms with Crippen molar-refractivity contribution in [1.82, 2.24) is 5.32 Å². The third-order valence-corrected chi connectivity index (χ3v) is 2.65. The van der Waals surface area contributed by atoms with Crippen LogP contribution in [0, 0.1) is 0 Å². The molecule has 0 aliphatic carbocycles. The van der Waals surface area contributed by atoms with Crippen LogP contribution in [0.5, 0.6) is 0 Å².